The number of methoxy groups -OCH3 is 1. The van der Waals surface area contributed by atoms with E-state index in [0.29, 0.717) is 0 Å². The van der Waals surface area contributed by atoms with Gasteiger partial charge in [0.2, 0.25) is 5.91 Å². The van der Waals surface area contributed by atoms with Gasteiger partial charge in [0.15, 0.2) is 0 Å². The maximum Gasteiger partial charge on any atom is 0.248 e. The van der Waals surface area contributed by atoms with Crippen LogP contribution in [0.2, 0.25) is 0 Å². The van der Waals surface area contributed by atoms with Gasteiger partial charge >= 0.3 is 0 Å². The summed E-state index contributed by atoms with van der Waals surface area (Å²) in [6.45, 7) is 0. The number of fused-ring (bicyclic) bond motifs is 2. The van der Waals surface area contributed by atoms with Crippen LogP contribution in [0.3, 0.4) is 0 Å². The van der Waals surface area contributed by atoms with Gasteiger partial charge in [-0.05, 0) is 79.3 Å². The monoisotopic (exact) mass is 492 g/mol. The lowest BCUT2D eigenvalue weighted by Gasteiger charge is -2.23. The van der Waals surface area contributed by atoms with E-state index in [2.05, 4.69) is 10.6 Å². The number of hydrogen-bond donors (Lipinski definition) is 2. The second kappa shape index (κ2) is 10.7. The Balaban J connectivity index is 1.48. The number of nitrogens with zero attached hydrogens (tertiary/aromatic N) is 2. The molecule has 0 aliphatic heterocycles. The van der Waals surface area contributed by atoms with Crippen molar-refractivity contribution in [2.24, 2.45) is 0 Å². The first-order valence-electron chi connectivity index (χ1n) is 12.6. The van der Waals surface area contributed by atoms with E-state index in [9.17, 15) is 4.79 Å². The summed E-state index contributed by atoms with van der Waals surface area (Å²) in [5, 5.41) is 7.65. The minimum absolute atomic E-state index is 0.182. The number of benzene rings is 3. The van der Waals surface area contributed by atoms with Crippen LogP contribution in [0.1, 0.15) is 29.7 Å². The van der Waals surface area contributed by atoms with Crippen LogP contribution in [0.4, 0.5) is 22.7 Å². The maximum atomic E-state index is 12.8. The molecular formula is C31H32N4O2. The molecule has 1 heterocycles. The Hall–Kier alpha value is -4.32. The number of aromatic nitrogens is 1. The zero-order valence-electron chi connectivity index (χ0n) is 21.5. The average molecular weight is 493 g/mol. The number of anilines is 4. The molecule has 5 rings (SSSR count). The third kappa shape index (κ3) is 5.28. The molecule has 0 fully saturated rings. The second-order valence-electron chi connectivity index (χ2n) is 9.45. The van der Waals surface area contributed by atoms with Crippen molar-refractivity contribution >= 4 is 45.6 Å². The molecule has 0 saturated carbocycles. The van der Waals surface area contributed by atoms with Gasteiger partial charge in [-0.1, -0.05) is 30.3 Å². The molecule has 0 radical (unpaired) electrons. The number of carbonyl (C=O) groups is 1. The van der Waals surface area contributed by atoms with Crippen LogP contribution in [0.15, 0.2) is 72.8 Å². The number of carbonyl (C=O) groups excluding carboxylic acids is 1. The molecule has 1 aliphatic rings. The fourth-order valence-electron chi connectivity index (χ4n) is 4.91. The molecular weight excluding hydrogens is 460 g/mol. The minimum atomic E-state index is -0.182. The topological polar surface area (TPSA) is 66.5 Å². The minimum Gasteiger partial charge on any atom is -0.495 e. The second-order valence-corrected chi connectivity index (χ2v) is 9.45. The fraction of sp³-hybridized carbons (Fsp3) is 0.226. The number of rotatable bonds is 7. The Morgan fingerprint density at radius 1 is 1.00 bits per heavy atom. The first-order chi connectivity index (χ1) is 18.0. The number of para-hydroxylation sites is 3. The van der Waals surface area contributed by atoms with Crippen LogP contribution in [-0.4, -0.2) is 32.1 Å². The molecule has 37 heavy (non-hydrogen) atoms. The molecule has 0 atom stereocenters. The van der Waals surface area contributed by atoms with Gasteiger partial charge in [0.25, 0.3) is 0 Å². The van der Waals surface area contributed by atoms with Crippen LogP contribution < -0.4 is 20.3 Å². The lowest BCUT2D eigenvalue weighted by molar-refractivity contribution is -0.111. The number of nitrogens with one attached hydrogen (secondary N) is 2. The van der Waals surface area contributed by atoms with Crippen LogP contribution >= 0.6 is 0 Å². The molecule has 0 spiro atoms. The highest BCUT2D eigenvalue weighted by Gasteiger charge is 2.19. The van der Waals surface area contributed by atoms with Crippen LogP contribution in [0, 0.1) is 0 Å². The smallest absolute Gasteiger partial charge is 0.248 e. The number of hydrogen-bond acceptors (Lipinski definition) is 5. The van der Waals surface area contributed by atoms with E-state index in [0.717, 1.165) is 76.3 Å². The first kappa shape index (κ1) is 24.4. The van der Waals surface area contributed by atoms with Crippen LogP contribution in [0.5, 0.6) is 5.75 Å². The molecule has 188 valence electrons. The fourth-order valence-corrected chi connectivity index (χ4v) is 4.91. The molecule has 0 bridgehead atoms. The van der Waals surface area contributed by atoms with Gasteiger partial charge in [-0.25, -0.2) is 0 Å². The van der Waals surface area contributed by atoms with Crippen molar-refractivity contribution in [1.82, 2.24) is 4.98 Å². The van der Waals surface area contributed by atoms with Crippen molar-refractivity contribution in [3.8, 4) is 5.75 Å². The summed E-state index contributed by atoms with van der Waals surface area (Å²) in [5.74, 6) is 0.600. The van der Waals surface area contributed by atoms with Gasteiger partial charge in [0.05, 0.1) is 24.0 Å². The first-order valence-corrected chi connectivity index (χ1v) is 12.6. The summed E-state index contributed by atoms with van der Waals surface area (Å²) in [6.07, 6.45) is 7.65. The molecule has 1 amide bonds. The molecule has 4 aromatic rings. The zero-order valence-corrected chi connectivity index (χ0v) is 21.5. The van der Waals surface area contributed by atoms with Crippen molar-refractivity contribution in [3.63, 3.8) is 0 Å². The zero-order chi connectivity index (χ0) is 25.8. The average Bonchev–Trinajstić information content (AvgIpc) is 2.92. The number of ether oxygens (including phenoxy) is 1. The van der Waals surface area contributed by atoms with Gasteiger partial charge in [-0.2, -0.15) is 0 Å². The van der Waals surface area contributed by atoms with Gasteiger partial charge < -0.3 is 20.3 Å². The van der Waals surface area contributed by atoms with E-state index in [1.807, 2.05) is 91.8 Å². The highest BCUT2D eigenvalue weighted by molar-refractivity contribution is 6.05. The van der Waals surface area contributed by atoms with Crippen molar-refractivity contribution < 1.29 is 9.53 Å². The van der Waals surface area contributed by atoms with Crippen molar-refractivity contribution in [3.05, 3.63) is 89.6 Å². The van der Waals surface area contributed by atoms with Gasteiger partial charge in [-0.15, -0.1) is 0 Å². The van der Waals surface area contributed by atoms with Crippen molar-refractivity contribution in [2.75, 3.05) is 36.7 Å². The van der Waals surface area contributed by atoms with E-state index in [4.69, 9.17) is 9.72 Å². The number of aryl methyl sites for hydroxylation is 1. The van der Waals surface area contributed by atoms with Gasteiger partial charge in [0.1, 0.15) is 5.75 Å². The van der Waals surface area contributed by atoms with Crippen LogP contribution in [0.25, 0.3) is 17.0 Å². The summed E-state index contributed by atoms with van der Waals surface area (Å²) in [4.78, 5) is 19.8. The third-order valence-electron chi connectivity index (χ3n) is 6.73. The molecule has 0 saturated heterocycles. The maximum absolute atomic E-state index is 12.8. The summed E-state index contributed by atoms with van der Waals surface area (Å²) in [7, 11) is 5.66. The van der Waals surface area contributed by atoms with E-state index in [1.165, 1.54) is 5.56 Å². The lowest BCUT2D eigenvalue weighted by atomic mass is 9.92. The lowest BCUT2D eigenvalue weighted by Crippen LogP contribution is -2.11. The molecule has 3 aromatic carbocycles. The summed E-state index contributed by atoms with van der Waals surface area (Å²) >= 11 is 0. The predicted octanol–water partition coefficient (Wildman–Crippen LogP) is 6.58. The third-order valence-corrected chi connectivity index (χ3v) is 6.73. The van der Waals surface area contributed by atoms with E-state index in [-0.39, 0.29) is 5.91 Å². The number of amides is 1. The van der Waals surface area contributed by atoms with Crippen molar-refractivity contribution in [1.29, 1.82) is 0 Å². The summed E-state index contributed by atoms with van der Waals surface area (Å²) in [6, 6.07) is 21.8. The quantitative estimate of drug-likeness (QED) is 0.285. The molecule has 0 unspecified atom stereocenters. The van der Waals surface area contributed by atoms with Crippen LogP contribution in [-0.2, 0) is 17.6 Å². The van der Waals surface area contributed by atoms with Gasteiger partial charge in [-0.3, -0.25) is 9.78 Å². The highest BCUT2D eigenvalue weighted by atomic mass is 16.5. The van der Waals surface area contributed by atoms with Gasteiger partial charge in [0, 0.05) is 42.6 Å². The Morgan fingerprint density at radius 3 is 2.62 bits per heavy atom. The van der Waals surface area contributed by atoms with Crippen molar-refractivity contribution in [2.45, 2.75) is 25.7 Å². The molecule has 2 N–H and O–H groups in total. The predicted molar refractivity (Wildman–Crippen MR) is 153 cm³/mol. The molecule has 1 aliphatic carbocycles. The molecule has 1 aromatic heterocycles. The normalized spacial score (nSPS) is 12.8. The molecule has 6 nitrogen and oxygen atoms in total. The van der Waals surface area contributed by atoms with E-state index >= 15 is 0 Å². The summed E-state index contributed by atoms with van der Waals surface area (Å²) < 4.78 is 5.59. The Labute approximate surface area is 218 Å². The summed E-state index contributed by atoms with van der Waals surface area (Å²) in [5.41, 5.74) is 8.01. The van der Waals surface area contributed by atoms with E-state index < -0.39 is 0 Å². The SMILES string of the molecule is COc1ccccc1Nc1c2c(nc3ccc(NC(=O)C=Cc4ccccc4N(C)C)cc13)CCCC2. The highest BCUT2D eigenvalue weighted by Crippen LogP contribution is 2.38. The number of pyridine rings is 1. The Bertz CT molecular complexity index is 1480. The standard InChI is InChI=1S/C31H32N4O2/c1-35(2)28-14-8-4-10-21(28)16-19-30(36)32-22-17-18-26-24(20-22)31(23-11-5-6-12-25(23)33-26)34-27-13-7-9-15-29(27)37-3/h4,7-10,13-20H,5-6,11-12H2,1-3H3,(H,32,36)(H,33,34). The van der Waals surface area contributed by atoms with E-state index in [1.54, 1.807) is 13.2 Å². The Morgan fingerprint density at radius 2 is 1.78 bits per heavy atom. The largest absolute Gasteiger partial charge is 0.495 e. The Kier molecular flexibility index (Phi) is 7.08. The molecule has 6 heteroatoms.